The zero-order valence-corrected chi connectivity index (χ0v) is 33.9. The zero-order chi connectivity index (χ0) is 43.1. The molecule has 15 nitrogen and oxygen atoms in total. The van der Waals surface area contributed by atoms with E-state index in [2.05, 4.69) is 21.3 Å². The molecular formula is C44H49ClN6O9. The Kier molecular flexibility index (Phi) is 14.1. The maximum atomic E-state index is 14.5. The van der Waals surface area contributed by atoms with Crippen LogP contribution in [0.25, 0.3) is 22.3 Å². The van der Waals surface area contributed by atoms with Crippen LogP contribution in [0, 0.1) is 0 Å². The van der Waals surface area contributed by atoms with E-state index in [1.807, 2.05) is 12.1 Å². The fourth-order valence-corrected chi connectivity index (χ4v) is 7.20. The van der Waals surface area contributed by atoms with Crippen LogP contribution >= 0.6 is 11.6 Å². The van der Waals surface area contributed by atoms with Crippen LogP contribution in [0.2, 0.25) is 5.02 Å². The number of benzene rings is 4. The van der Waals surface area contributed by atoms with Crippen LogP contribution in [-0.2, 0) is 30.3 Å². The molecule has 1 saturated heterocycles. The number of nitrogens with zero attached hydrogens (tertiary/aromatic N) is 1. The van der Waals surface area contributed by atoms with Crippen molar-refractivity contribution in [3.8, 4) is 33.8 Å². The van der Waals surface area contributed by atoms with E-state index < -0.39 is 65.9 Å². The third-order valence-electron chi connectivity index (χ3n) is 10.6. The van der Waals surface area contributed by atoms with Crippen molar-refractivity contribution in [2.75, 3.05) is 26.7 Å². The molecule has 4 bridgehead atoms. The van der Waals surface area contributed by atoms with E-state index in [1.54, 1.807) is 48.5 Å². The van der Waals surface area contributed by atoms with E-state index in [0.29, 0.717) is 42.1 Å². The van der Waals surface area contributed by atoms with Crippen molar-refractivity contribution in [2.45, 2.75) is 69.0 Å². The van der Waals surface area contributed by atoms with Crippen molar-refractivity contribution >= 4 is 41.1 Å². The molecule has 316 valence electrons. The summed E-state index contributed by atoms with van der Waals surface area (Å²) < 4.78 is 5.10. The van der Waals surface area contributed by atoms with Gasteiger partial charge in [0.2, 0.25) is 23.6 Å². The van der Waals surface area contributed by atoms with Gasteiger partial charge in [-0.2, -0.15) is 0 Å². The number of hydrogen-bond acceptors (Lipinski definition) is 10. The van der Waals surface area contributed by atoms with E-state index in [9.17, 15) is 39.3 Å². The molecule has 2 aliphatic heterocycles. The first-order valence-corrected chi connectivity index (χ1v) is 20.1. The Morgan fingerprint density at radius 2 is 1.53 bits per heavy atom. The molecule has 0 aromatic heterocycles. The van der Waals surface area contributed by atoms with Crippen molar-refractivity contribution in [1.82, 2.24) is 26.2 Å². The molecule has 0 spiro atoms. The van der Waals surface area contributed by atoms with Gasteiger partial charge < -0.3 is 52.0 Å². The molecule has 16 heteroatoms. The van der Waals surface area contributed by atoms with Gasteiger partial charge in [0, 0.05) is 41.7 Å². The highest BCUT2D eigenvalue weighted by Crippen LogP contribution is 2.39. The third kappa shape index (κ3) is 10.6. The molecule has 6 rings (SSSR count). The van der Waals surface area contributed by atoms with E-state index in [4.69, 9.17) is 22.1 Å². The van der Waals surface area contributed by atoms with Crippen LogP contribution in [0.1, 0.15) is 53.7 Å². The predicted molar refractivity (Wildman–Crippen MR) is 224 cm³/mol. The lowest BCUT2D eigenvalue weighted by atomic mass is 9.93. The molecule has 1 fully saturated rings. The van der Waals surface area contributed by atoms with E-state index in [1.165, 1.54) is 43.1 Å². The fraction of sp³-hybridized carbons (Fsp3) is 0.341. The lowest BCUT2D eigenvalue weighted by molar-refractivity contribution is -0.141. The first-order valence-electron chi connectivity index (χ1n) is 19.7. The summed E-state index contributed by atoms with van der Waals surface area (Å²) in [4.78, 5) is 70.8. The third-order valence-corrected chi connectivity index (χ3v) is 10.9. The summed E-state index contributed by atoms with van der Waals surface area (Å²) in [5.74, 6) is -3.71. The summed E-state index contributed by atoms with van der Waals surface area (Å²) in [6.07, 6.45) is -0.158. The predicted octanol–water partition coefficient (Wildman–Crippen LogP) is 2.93. The number of aliphatic hydroxyl groups is 1. The molecule has 60 heavy (non-hydrogen) atoms. The Hall–Kier alpha value is -6.00. The number of carbonyl (C=O) groups excluding carboxylic acids is 5. The summed E-state index contributed by atoms with van der Waals surface area (Å²) in [6, 6.07) is 18.0. The van der Waals surface area contributed by atoms with Gasteiger partial charge in [-0.15, -0.1) is 0 Å². The minimum atomic E-state index is -1.42. The summed E-state index contributed by atoms with van der Waals surface area (Å²) in [5, 5.41) is 43.8. The van der Waals surface area contributed by atoms with Gasteiger partial charge in [0.1, 0.15) is 41.8 Å². The quantitative estimate of drug-likeness (QED) is 0.0724. The topological polar surface area (TPSA) is 236 Å². The zero-order valence-electron chi connectivity index (χ0n) is 33.2. The number of fused-ring (bicyclic) bond motifs is 5. The molecular weight excluding hydrogens is 792 g/mol. The fourth-order valence-electron chi connectivity index (χ4n) is 7.07. The average molecular weight is 841 g/mol. The number of ether oxygens (including phenoxy) is 1. The highest BCUT2D eigenvalue weighted by atomic mass is 35.5. The molecule has 0 radical (unpaired) electrons. The summed E-state index contributed by atoms with van der Waals surface area (Å²) in [5.41, 5.74) is 8.85. The number of halogens is 1. The van der Waals surface area contributed by atoms with E-state index in [-0.39, 0.29) is 47.6 Å². The number of aromatic hydroxyl groups is 2. The Bertz CT molecular complexity index is 2220. The normalized spacial score (nSPS) is 19.8. The van der Waals surface area contributed by atoms with Gasteiger partial charge in [-0.25, -0.2) is 0 Å². The van der Waals surface area contributed by atoms with Crippen molar-refractivity contribution in [3.63, 3.8) is 0 Å². The number of amides is 5. The number of unbranched alkanes of at least 4 members (excludes halogenated alkanes) is 1. The molecule has 4 aromatic rings. The summed E-state index contributed by atoms with van der Waals surface area (Å²) in [7, 11) is 1.40. The first-order chi connectivity index (χ1) is 28.7. The molecule has 9 N–H and O–H groups in total. The lowest BCUT2D eigenvalue weighted by Gasteiger charge is -2.32. The van der Waals surface area contributed by atoms with Gasteiger partial charge in [-0.3, -0.25) is 24.0 Å². The average Bonchev–Trinajstić information content (AvgIpc) is 4.09. The molecule has 2 aliphatic rings. The van der Waals surface area contributed by atoms with Crippen molar-refractivity contribution in [3.05, 3.63) is 107 Å². The number of epoxide rings is 1. The molecule has 2 heterocycles. The molecule has 4 aromatic carbocycles. The van der Waals surface area contributed by atoms with Crippen LogP contribution in [-0.4, -0.2) is 107 Å². The standard InChI is InChI=1S/C44H49ClN6O9/c1-24-40(55)50-34(42(57)47-22-37(54)38-23-60-38)20-25-6-16-35(52)31(19-25)32-21-29(13-17-36(32)53)39(43(58)48-24)51(2)44(59)33(5-3-4-18-46)49-41(56)28-9-7-26(8-10-28)27-11-14-30(45)15-12-27/h6-17,19,21,24,33-34,37-39,52-54H,3-5,18,20,22-23,46H2,1-2H3,(H,47,57)(H,48,58)(H,49,56)(H,50,55)/t24-,33-,34-,37?,38?,39-/m0/s1. The molecule has 0 saturated carbocycles. The maximum Gasteiger partial charge on any atom is 0.251 e. The first kappa shape index (κ1) is 43.6. The van der Waals surface area contributed by atoms with Crippen LogP contribution in [0.4, 0.5) is 0 Å². The van der Waals surface area contributed by atoms with Crippen LogP contribution in [0.3, 0.4) is 0 Å². The molecule has 5 amide bonds. The molecule has 2 unspecified atom stereocenters. The van der Waals surface area contributed by atoms with Gasteiger partial charge in [-0.05, 0) is 104 Å². The van der Waals surface area contributed by atoms with Gasteiger partial charge in [0.05, 0.1) is 12.7 Å². The Balaban J connectivity index is 1.30. The van der Waals surface area contributed by atoms with Crippen LogP contribution in [0.15, 0.2) is 84.9 Å². The number of hydrogen-bond donors (Lipinski definition) is 8. The van der Waals surface area contributed by atoms with Crippen molar-refractivity contribution in [1.29, 1.82) is 0 Å². The molecule has 0 aliphatic carbocycles. The number of nitrogens with two attached hydrogens (primary N) is 1. The van der Waals surface area contributed by atoms with Gasteiger partial charge >= 0.3 is 0 Å². The monoisotopic (exact) mass is 840 g/mol. The number of phenols is 2. The van der Waals surface area contributed by atoms with E-state index >= 15 is 0 Å². The van der Waals surface area contributed by atoms with Gasteiger partial charge in [-0.1, -0.05) is 48.0 Å². The number of likely N-dealkylation sites (N-methyl/N-ethyl adjacent to an activating group) is 1. The van der Waals surface area contributed by atoms with Crippen LogP contribution < -0.4 is 27.0 Å². The minimum absolute atomic E-state index is 0.0500. The lowest BCUT2D eigenvalue weighted by Crippen LogP contribution is -2.56. The summed E-state index contributed by atoms with van der Waals surface area (Å²) in [6.45, 7) is 2.02. The SMILES string of the molecule is C[C@@H]1NC(=O)[C@@H](N(C)C(=O)[C@H](CCCCN)NC(=O)c2ccc(-c3ccc(Cl)cc3)cc2)c2ccc(O)c(c2)-c2cc(ccc2O)C[C@@H](C(=O)NCC(O)C2CO2)NC1=O. The second-order valence-electron chi connectivity index (χ2n) is 15.1. The Labute approximate surface area is 352 Å². The second-order valence-corrected chi connectivity index (χ2v) is 15.5. The number of nitrogens with one attached hydrogen (secondary N) is 4. The minimum Gasteiger partial charge on any atom is -0.507 e. The van der Waals surface area contributed by atoms with Crippen molar-refractivity contribution < 1.29 is 44.0 Å². The molecule has 6 atom stereocenters. The Morgan fingerprint density at radius 3 is 2.18 bits per heavy atom. The highest BCUT2D eigenvalue weighted by molar-refractivity contribution is 6.30. The van der Waals surface area contributed by atoms with Crippen molar-refractivity contribution in [2.24, 2.45) is 5.73 Å². The van der Waals surface area contributed by atoms with E-state index in [0.717, 1.165) is 11.1 Å². The Morgan fingerprint density at radius 1 is 0.900 bits per heavy atom. The highest BCUT2D eigenvalue weighted by Gasteiger charge is 2.36. The number of aliphatic hydroxyl groups excluding tert-OH is 1. The second kappa shape index (κ2) is 19.4. The van der Waals surface area contributed by atoms with Gasteiger partial charge in [0.25, 0.3) is 5.91 Å². The smallest absolute Gasteiger partial charge is 0.251 e. The number of phenolic OH excluding ortho intramolecular Hbond substituents is 2. The van der Waals surface area contributed by atoms with Gasteiger partial charge in [0.15, 0.2) is 0 Å². The number of carbonyl (C=O) groups is 5. The summed E-state index contributed by atoms with van der Waals surface area (Å²) >= 11 is 6.04. The van der Waals surface area contributed by atoms with Crippen LogP contribution in [0.5, 0.6) is 11.5 Å². The maximum absolute atomic E-state index is 14.5. The largest absolute Gasteiger partial charge is 0.507 e. The number of rotatable bonds is 13.